The van der Waals surface area contributed by atoms with Crippen LogP contribution in [-0.2, 0) is 6.54 Å². The van der Waals surface area contributed by atoms with Gasteiger partial charge in [0.25, 0.3) is 0 Å². The van der Waals surface area contributed by atoms with E-state index in [4.69, 9.17) is 5.73 Å². The van der Waals surface area contributed by atoms with Crippen molar-refractivity contribution in [1.29, 1.82) is 0 Å². The number of phenols is 1. The molecule has 0 heterocycles. The molecule has 11 heavy (non-hydrogen) atoms. The van der Waals surface area contributed by atoms with Crippen molar-refractivity contribution in [3.05, 3.63) is 24.8 Å². The molecule has 0 aliphatic carbocycles. The first kappa shape index (κ1) is 9.53. The SMILES string of the molecule is NCc1cc(I)cc(I)c1O. The molecule has 0 aliphatic rings. The summed E-state index contributed by atoms with van der Waals surface area (Å²) in [6, 6.07) is 3.80. The average Bonchev–Trinajstić information content (AvgIpc) is 1.96. The van der Waals surface area contributed by atoms with Gasteiger partial charge in [0.2, 0.25) is 0 Å². The van der Waals surface area contributed by atoms with Gasteiger partial charge in [-0.05, 0) is 57.3 Å². The van der Waals surface area contributed by atoms with Crippen LogP contribution in [0.1, 0.15) is 5.56 Å². The van der Waals surface area contributed by atoms with Crippen molar-refractivity contribution in [3.63, 3.8) is 0 Å². The molecule has 0 saturated carbocycles. The van der Waals surface area contributed by atoms with Crippen molar-refractivity contribution >= 4 is 45.2 Å². The number of nitrogens with two attached hydrogens (primary N) is 1. The van der Waals surface area contributed by atoms with Crippen LogP contribution in [0, 0.1) is 7.14 Å². The maximum Gasteiger partial charge on any atom is 0.133 e. The van der Waals surface area contributed by atoms with E-state index in [9.17, 15) is 5.11 Å². The second-order valence-corrected chi connectivity index (χ2v) is 4.51. The van der Waals surface area contributed by atoms with Gasteiger partial charge in [-0.2, -0.15) is 0 Å². The summed E-state index contributed by atoms with van der Waals surface area (Å²) in [6.45, 7) is 0.388. The van der Waals surface area contributed by atoms with Gasteiger partial charge < -0.3 is 10.8 Å². The molecule has 0 saturated heterocycles. The maximum atomic E-state index is 9.43. The van der Waals surface area contributed by atoms with Crippen molar-refractivity contribution in [2.45, 2.75) is 6.54 Å². The second-order valence-electron chi connectivity index (χ2n) is 2.10. The minimum absolute atomic E-state index is 0.313. The van der Waals surface area contributed by atoms with Crippen LogP contribution >= 0.6 is 45.2 Å². The smallest absolute Gasteiger partial charge is 0.133 e. The molecular weight excluding hydrogens is 368 g/mol. The van der Waals surface area contributed by atoms with Crippen molar-refractivity contribution in [2.75, 3.05) is 0 Å². The summed E-state index contributed by atoms with van der Waals surface area (Å²) in [4.78, 5) is 0. The molecule has 4 heteroatoms. The number of phenolic OH excluding ortho intramolecular Hbond substituents is 1. The quantitative estimate of drug-likeness (QED) is 0.739. The van der Waals surface area contributed by atoms with E-state index in [1.165, 1.54) is 0 Å². The van der Waals surface area contributed by atoms with Crippen LogP contribution < -0.4 is 5.73 Å². The Bertz CT molecular complexity index is 275. The largest absolute Gasteiger partial charge is 0.507 e. The third-order valence-electron chi connectivity index (χ3n) is 1.33. The monoisotopic (exact) mass is 375 g/mol. The summed E-state index contributed by atoms with van der Waals surface area (Å²) in [5.41, 5.74) is 6.23. The van der Waals surface area contributed by atoms with E-state index in [1.807, 2.05) is 12.1 Å². The fourth-order valence-corrected chi connectivity index (χ4v) is 2.74. The lowest BCUT2D eigenvalue weighted by atomic mass is 10.2. The average molecular weight is 375 g/mol. The fourth-order valence-electron chi connectivity index (χ4n) is 0.775. The van der Waals surface area contributed by atoms with Gasteiger partial charge in [-0.15, -0.1) is 0 Å². The van der Waals surface area contributed by atoms with Crippen LogP contribution in [0.4, 0.5) is 0 Å². The summed E-state index contributed by atoms with van der Waals surface area (Å²) in [5.74, 6) is 0.313. The summed E-state index contributed by atoms with van der Waals surface area (Å²) >= 11 is 4.29. The van der Waals surface area contributed by atoms with Crippen molar-refractivity contribution < 1.29 is 5.11 Å². The van der Waals surface area contributed by atoms with Gasteiger partial charge in [0.1, 0.15) is 5.75 Å². The molecule has 1 aromatic rings. The van der Waals surface area contributed by atoms with Gasteiger partial charge in [-0.1, -0.05) is 0 Å². The minimum atomic E-state index is 0.313. The first-order valence-electron chi connectivity index (χ1n) is 3.02. The highest BCUT2D eigenvalue weighted by Crippen LogP contribution is 2.26. The van der Waals surface area contributed by atoms with Crippen LogP contribution in [0.5, 0.6) is 5.75 Å². The summed E-state index contributed by atoms with van der Waals surface area (Å²) in [5, 5.41) is 9.43. The zero-order valence-electron chi connectivity index (χ0n) is 5.64. The Labute approximate surface area is 92.5 Å². The van der Waals surface area contributed by atoms with E-state index in [2.05, 4.69) is 45.2 Å². The molecule has 0 radical (unpaired) electrons. The molecule has 0 aromatic heterocycles. The van der Waals surface area contributed by atoms with E-state index < -0.39 is 0 Å². The standard InChI is InChI=1S/C7H7I2NO/c8-5-1-4(3-10)7(11)6(9)2-5/h1-2,11H,3,10H2. The first-order chi connectivity index (χ1) is 5.15. The Hall–Kier alpha value is 0.440. The molecule has 2 nitrogen and oxygen atoms in total. The highest BCUT2D eigenvalue weighted by atomic mass is 127. The lowest BCUT2D eigenvalue weighted by Crippen LogP contribution is -1.98. The summed E-state index contributed by atoms with van der Waals surface area (Å²) in [7, 11) is 0. The summed E-state index contributed by atoms with van der Waals surface area (Å²) in [6.07, 6.45) is 0. The van der Waals surface area contributed by atoms with E-state index in [0.29, 0.717) is 12.3 Å². The van der Waals surface area contributed by atoms with Crippen LogP contribution in [0.25, 0.3) is 0 Å². The normalized spacial score (nSPS) is 10.1. The number of hydrogen-bond donors (Lipinski definition) is 2. The van der Waals surface area contributed by atoms with Gasteiger partial charge in [0, 0.05) is 15.7 Å². The number of halogens is 2. The predicted molar refractivity (Wildman–Crippen MR) is 61.4 cm³/mol. The van der Waals surface area contributed by atoms with Gasteiger partial charge in [0.05, 0.1) is 3.57 Å². The van der Waals surface area contributed by atoms with E-state index in [0.717, 1.165) is 12.7 Å². The molecule has 0 aliphatic heterocycles. The second kappa shape index (κ2) is 3.90. The number of aromatic hydroxyl groups is 1. The van der Waals surface area contributed by atoms with E-state index in [1.54, 1.807) is 0 Å². The van der Waals surface area contributed by atoms with E-state index in [-0.39, 0.29) is 0 Å². The highest BCUT2D eigenvalue weighted by Gasteiger charge is 2.04. The minimum Gasteiger partial charge on any atom is -0.507 e. The van der Waals surface area contributed by atoms with Gasteiger partial charge in [0.15, 0.2) is 0 Å². The van der Waals surface area contributed by atoms with Crippen LogP contribution in [-0.4, -0.2) is 5.11 Å². The van der Waals surface area contributed by atoms with Gasteiger partial charge in [-0.3, -0.25) is 0 Å². The molecule has 0 amide bonds. The Morgan fingerprint density at radius 3 is 2.55 bits per heavy atom. The first-order valence-corrected chi connectivity index (χ1v) is 5.18. The lowest BCUT2D eigenvalue weighted by Gasteiger charge is -2.03. The molecule has 1 aromatic carbocycles. The molecule has 60 valence electrons. The number of rotatable bonds is 1. The third kappa shape index (κ3) is 2.19. The Balaban J connectivity index is 3.24. The Morgan fingerprint density at radius 1 is 1.36 bits per heavy atom. The Morgan fingerprint density at radius 2 is 2.00 bits per heavy atom. The number of benzene rings is 1. The molecule has 0 spiro atoms. The van der Waals surface area contributed by atoms with Crippen LogP contribution in [0.2, 0.25) is 0 Å². The Kier molecular flexibility index (Phi) is 3.38. The van der Waals surface area contributed by atoms with Crippen LogP contribution in [0.15, 0.2) is 12.1 Å². The molecule has 3 N–H and O–H groups in total. The lowest BCUT2D eigenvalue weighted by molar-refractivity contribution is 0.464. The molecule has 0 atom stereocenters. The molecule has 0 unspecified atom stereocenters. The maximum absolute atomic E-state index is 9.43. The molecule has 1 rings (SSSR count). The predicted octanol–water partition coefficient (Wildman–Crippen LogP) is 2.06. The van der Waals surface area contributed by atoms with E-state index >= 15 is 0 Å². The molecule has 0 bridgehead atoms. The summed E-state index contributed by atoms with van der Waals surface area (Å²) < 4.78 is 1.96. The van der Waals surface area contributed by atoms with Crippen molar-refractivity contribution in [1.82, 2.24) is 0 Å². The topological polar surface area (TPSA) is 46.2 Å². The molecular formula is C7H7I2NO. The van der Waals surface area contributed by atoms with Gasteiger partial charge >= 0.3 is 0 Å². The third-order valence-corrected chi connectivity index (χ3v) is 2.77. The van der Waals surface area contributed by atoms with Gasteiger partial charge in [-0.25, -0.2) is 0 Å². The van der Waals surface area contributed by atoms with Crippen molar-refractivity contribution in [3.8, 4) is 5.75 Å². The number of hydrogen-bond acceptors (Lipinski definition) is 2. The zero-order valence-corrected chi connectivity index (χ0v) is 9.96. The zero-order chi connectivity index (χ0) is 8.43. The fraction of sp³-hybridized carbons (Fsp3) is 0.143. The van der Waals surface area contributed by atoms with Crippen LogP contribution in [0.3, 0.4) is 0 Å². The highest BCUT2D eigenvalue weighted by molar-refractivity contribution is 14.1. The van der Waals surface area contributed by atoms with Crippen molar-refractivity contribution in [2.24, 2.45) is 5.73 Å². The molecule has 0 fully saturated rings.